The zero-order valence-electron chi connectivity index (χ0n) is 17.1. The van der Waals surface area contributed by atoms with E-state index in [1.165, 1.54) is 0 Å². The summed E-state index contributed by atoms with van der Waals surface area (Å²) < 4.78 is 5.32. The molecule has 1 aliphatic rings. The monoisotopic (exact) mass is 409 g/mol. The highest BCUT2D eigenvalue weighted by Gasteiger charge is 2.22. The minimum Gasteiger partial charge on any atom is -0.382 e. The van der Waals surface area contributed by atoms with Crippen LogP contribution in [0, 0.1) is 5.92 Å². The van der Waals surface area contributed by atoms with Gasteiger partial charge in [0.15, 0.2) is 0 Å². The van der Waals surface area contributed by atoms with Crippen molar-refractivity contribution in [1.29, 1.82) is 0 Å². The van der Waals surface area contributed by atoms with Gasteiger partial charge in [-0.25, -0.2) is 0 Å². The van der Waals surface area contributed by atoms with Crippen molar-refractivity contribution in [3.63, 3.8) is 0 Å². The van der Waals surface area contributed by atoms with E-state index < -0.39 is 5.38 Å². The molecule has 0 saturated carbocycles. The summed E-state index contributed by atoms with van der Waals surface area (Å²) in [6, 6.07) is 5.48. The SMILES string of the molecule is CCOCCCNC(=O)c1cc(NC(=O)[C@H](C)Cl)ccc1N1CCC(C)CC1. The van der Waals surface area contributed by atoms with E-state index >= 15 is 0 Å². The molecule has 0 unspecified atom stereocenters. The van der Waals surface area contributed by atoms with Gasteiger partial charge in [-0.05, 0) is 57.2 Å². The highest BCUT2D eigenvalue weighted by Crippen LogP contribution is 2.29. The van der Waals surface area contributed by atoms with Crippen LogP contribution in [0.5, 0.6) is 0 Å². The molecule has 1 fully saturated rings. The molecule has 0 aromatic heterocycles. The molecule has 1 aliphatic heterocycles. The first kappa shape index (κ1) is 22.5. The maximum atomic E-state index is 12.9. The second-order valence-electron chi connectivity index (χ2n) is 7.31. The van der Waals surface area contributed by atoms with Gasteiger partial charge in [-0.3, -0.25) is 9.59 Å². The van der Waals surface area contributed by atoms with Gasteiger partial charge in [-0.1, -0.05) is 6.92 Å². The Balaban J connectivity index is 2.16. The van der Waals surface area contributed by atoms with E-state index in [1.54, 1.807) is 13.0 Å². The van der Waals surface area contributed by atoms with Crippen molar-refractivity contribution in [3.8, 4) is 0 Å². The molecule has 0 aliphatic carbocycles. The Bertz CT molecular complexity index is 658. The largest absolute Gasteiger partial charge is 0.382 e. The molecule has 28 heavy (non-hydrogen) atoms. The van der Waals surface area contributed by atoms with Crippen molar-refractivity contribution in [1.82, 2.24) is 5.32 Å². The number of rotatable bonds is 9. The molecule has 7 heteroatoms. The number of nitrogens with zero attached hydrogens (tertiary/aromatic N) is 1. The molecule has 2 rings (SSSR count). The lowest BCUT2D eigenvalue weighted by molar-refractivity contribution is -0.115. The van der Waals surface area contributed by atoms with Gasteiger partial charge in [0.05, 0.1) is 5.56 Å². The van der Waals surface area contributed by atoms with E-state index in [0.717, 1.165) is 38.0 Å². The third kappa shape index (κ3) is 6.67. The Labute approximate surface area is 172 Å². The summed E-state index contributed by atoms with van der Waals surface area (Å²) in [5.74, 6) is 0.278. The molecule has 0 spiro atoms. The van der Waals surface area contributed by atoms with Crippen LogP contribution in [0.15, 0.2) is 18.2 Å². The molecule has 0 radical (unpaired) electrons. The lowest BCUT2D eigenvalue weighted by Crippen LogP contribution is -2.35. The third-order valence-corrected chi connectivity index (χ3v) is 5.15. The minimum absolute atomic E-state index is 0.139. The van der Waals surface area contributed by atoms with E-state index in [2.05, 4.69) is 22.5 Å². The summed E-state index contributed by atoms with van der Waals surface area (Å²) in [6.07, 6.45) is 2.98. The number of piperidine rings is 1. The summed E-state index contributed by atoms with van der Waals surface area (Å²) in [6.45, 7) is 9.52. The number of alkyl halides is 1. The zero-order chi connectivity index (χ0) is 20.5. The fraction of sp³-hybridized carbons (Fsp3) is 0.619. The summed E-state index contributed by atoms with van der Waals surface area (Å²) in [5.41, 5.74) is 2.06. The van der Waals surface area contributed by atoms with Gasteiger partial charge < -0.3 is 20.3 Å². The van der Waals surface area contributed by atoms with Crippen molar-refractivity contribution < 1.29 is 14.3 Å². The van der Waals surface area contributed by atoms with Crippen LogP contribution in [0.25, 0.3) is 0 Å². The van der Waals surface area contributed by atoms with Crippen LogP contribution >= 0.6 is 11.6 Å². The molecule has 2 amide bonds. The Kier molecular flexibility index (Phi) is 9.06. The summed E-state index contributed by atoms with van der Waals surface area (Å²) >= 11 is 5.85. The molecule has 1 heterocycles. The van der Waals surface area contributed by atoms with Crippen molar-refractivity contribution in [2.75, 3.05) is 43.1 Å². The standard InChI is InChI=1S/C21H32ClN3O3/c1-4-28-13-5-10-23-21(27)18-14-17(24-20(26)16(3)22)6-7-19(18)25-11-8-15(2)9-12-25/h6-7,14-16H,4-5,8-13H2,1-3H3,(H,23,27)(H,24,26)/t16-/m0/s1. The first-order valence-corrected chi connectivity index (χ1v) is 10.6. The predicted octanol–water partition coefficient (Wildman–Crippen LogP) is 3.65. The summed E-state index contributed by atoms with van der Waals surface area (Å²) in [4.78, 5) is 27.0. The highest BCUT2D eigenvalue weighted by atomic mass is 35.5. The molecule has 1 saturated heterocycles. The number of carbonyl (C=O) groups excluding carboxylic acids is 2. The fourth-order valence-corrected chi connectivity index (χ4v) is 3.23. The van der Waals surface area contributed by atoms with Crippen LogP contribution in [-0.2, 0) is 9.53 Å². The second kappa shape index (κ2) is 11.3. The van der Waals surface area contributed by atoms with Gasteiger partial charge in [-0.2, -0.15) is 0 Å². The average molecular weight is 410 g/mol. The van der Waals surface area contributed by atoms with Gasteiger partial charge in [0.25, 0.3) is 5.91 Å². The molecular weight excluding hydrogens is 378 g/mol. The zero-order valence-corrected chi connectivity index (χ0v) is 17.8. The number of hydrogen-bond acceptors (Lipinski definition) is 4. The number of halogens is 1. The number of benzene rings is 1. The van der Waals surface area contributed by atoms with Gasteiger partial charge in [0.2, 0.25) is 5.91 Å². The maximum absolute atomic E-state index is 12.9. The minimum atomic E-state index is -0.640. The molecule has 1 aromatic carbocycles. The quantitative estimate of drug-likeness (QED) is 0.482. The molecule has 0 bridgehead atoms. The van der Waals surface area contributed by atoms with Crippen molar-refractivity contribution in [2.24, 2.45) is 5.92 Å². The Morgan fingerprint density at radius 1 is 1.32 bits per heavy atom. The van der Waals surface area contributed by atoms with Gasteiger partial charge in [0, 0.05) is 44.2 Å². The summed E-state index contributed by atoms with van der Waals surface area (Å²) in [7, 11) is 0. The topological polar surface area (TPSA) is 70.7 Å². The van der Waals surface area contributed by atoms with Crippen molar-refractivity contribution in [2.45, 2.75) is 45.4 Å². The van der Waals surface area contributed by atoms with Gasteiger partial charge >= 0.3 is 0 Å². The maximum Gasteiger partial charge on any atom is 0.253 e. The lowest BCUT2D eigenvalue weighted by atomic mass is 9.97. The molecule has 1 aromatic rings. The number of anilines is 2. The first-order chi connectivity index (χ1) is 13.4. The van der Waals surface area contributed by atoms with Crippen LogP contribution in [0.1, 0.15) is 50.4 Å². The van der Waals surface area contributed by atoms with Crippen molar-refractivity contribution >= 4 is 34.8 Å². The predicted molar refractivity (Wildman–Crippen MR) is 114 cm³/mol. The molecule has 156 valence electrons. The van der Waals surface area contributed by atoms with Crippen LogP contribution in [0.2, 0.25) is 0 Å². The average Bonchev–Trinajstić information content (AvgIpc) is 2.68. The van der Waals surface area contributed by atoms with Crippen molar-refractivity contribution in [3.05, 3.63) is 23.8 Å². The Morgan fingerprint density at radius 2 is 2.04 bits per heavy atom. The third-order valence-electron chi connectivity index (χ3n) is 4.95. The van der Waals surface area contributed by atoms with E-state index in [4.69, 9.17) is 16.3 Å². The molecule has 6 nitrogen and oxygen atoms in total. The molecular formula is C21H32ClN3O3. The summed E-state index contributed by atoms with van der Waals surface area (Å²) in [5, 5.41) is 5.09. The normalized spacial score (nSPS) is 15.9. The molecule has 1 atom stereocenters. The van der Waals surface area contributed by atoms with Crippen LogP contribution < -0.4 is 15.5 Å². The fourth-order valence-electron chi connectivity index (χ4n) is 3.18. The Morgan fingerprint density at radius 3 is 2.68 bits per heavy atom. The number of hydrogen-bond donors (Lipinski definition) is 2. The second-order valence-corrected chi connectivity index (χ2v) is 7.97. The van der Waals surface area contributed by atoms with E-state index in [1.807, 2.05) is 19.1 Å². The highest BCUT2D eigenvalue weighted by molar-refractivity contribution is 6.32. The van der Waals surface area contributed by atoms with Gasteiger partial charge in [-0.15, -0.1) is 11.6 Å². The van der Waals surface area contributed by atoms with Crippen LogP contribution in [0.4, 0.5) is 11.4 Å². The lowest BCUT2D eigenvalue weighted by Gasteiger charge is -2.33. The number of amides is 2. The number of ether oxygens (including phenoxy) is 1. The molecule has 2 N–H and O–H groups in total. The first-order valence-electron chi connectivity index (χ1n) is 10.1. The van der Waals surface area contributed by atoms with E-state index in [9.17, 15) is 9.59 Å². The number of nitrogens with one attached hydrogen (secondary N) is 2. The number of carbonyl (C=O) groups is 2. The van der Waals surface area contributed by atoms with E-state index in [-0.39, 0.29) is 11.8 Å². The van der Waals surface area contributed by atoms with Crippen LogP contribution in [0.3, 0.4) is 0 Å². The van der Waals surface area contributed by atoms with Crippen LogP contribution in [-0.4, -0.2) is 50.0 Å². The Hall–Kier alpha value is -1.79. The van der Waals surface area contributed by atoms with E-state index in [0.29, 0.717) is 36.9 Å². The smallest absolute Gasteiger partial charge is 0.253 e. The van der Waals surface area contributed by atoms with Gasteiger partial charge in [0.1, 0.15) is 5.38 Å².